The highest BCUT2D eigenvalue weighted by Crippen LogP contribution is 2.32. The smallest absolute Gasteiger partial charge is 0.338 e. The fourth-order valence-electron chi connectivity index (χ4n) is 3.08. The number of hydrogen-bond donors (Lipinski definition) is 1. The van der Waals surface area contributed by atoms with Crippen LogP contribution in [0.5, 0.6) is 11.5 Å². The van der Waals surface area contributed by atoms with Gasteiger partial charge >= 0.3 is 5.97 Å². The lowest BCUT2D eigenvalue weighted by Crippen LogP contribution is -2.21. The minimum Gasteiger partial charge on any atom is -0.454 e. The zero-order valence-electron chi connectivity index (χ0n) is 13.5. The van der Waals surface area contributed by atoms with Gasteiger partial charge in [0.15, 0.2) is 18.1 Å². The maximum atomic E-state index is 12.1. The maximum Gasteiger partial charge on any atom is 0.338 e. The number of aryl methyl sites for hydroxylation is 2. The van der Waals surface area contributed by atoms with Crippen LogP contribution in [0.3, 0.4) is 0 Å². The first-order valence-corrected chi connectivity index (χ1v) is 8.17. The van der Waals surface area contributed by atoms with Crippen LogP contribution >= 0.6 is 0 Å². The van der Waals surface area contributed by atoms with E-state index in [9.17, 15) is 9.59 Å². The van der Waals surface area contributed by atoms with Crippen molar-refractivity contribution in [3.8, 4) is 11.5 Å². The first kappa shape index (κ1) is 15.5. The van der Waals surface area contributed by atoms with Crippen molar-refractivity contribution in [2.45, 2.75) is 19.3 Å². The van der Waals surface area contributed by atoms with Gasteiger partial charge in [0.25, 0.3) is 5.91 Å². The Hall–Kier alpha value is -3.02. The first-order chi connectivity index (χ1) is 12.2. The molecule has 2 aromatic carbocycles. The summed E-state index contributed by atoms with van der Waals surface area (Å²) in [5.41, 5.74) is 3.65. The van der Waals surface area contributed by atoms with Gasteiger partial charge in [-0.3, -0.25) is 4.79 Å². The molecule has 1 aliphatic carbocycles. The fourth-order valence-corrected chi connectivity index (χ4v) is 3.08. The normalized spacial score (nSPS) is 14.1. The van der Waals surface area contributed by atoms with Crippen LogP contribution in [0.1, 0.15) is 27.9 Å². The first-order valence-electron chi connectivity index (χ1n) is 8.17. The van der Waals surface area contributed by atoms with Crippen LogP contribution in [0.4, 0.5) is 5.69 Å². The monoisotopic (exact) mass is 339 g/mol. The number of anilines is 1. The molecule has 0 aromatic heterocycles. The molecule has 0 unspecified atom stereocenters. The van der Waals surface area contributed by atoms with Gasteiger partial charge in [0, 0.05) is 5.69 Å². The predicted octanol–water partition coefficient (Wildman–Crippen LogP) is 2.70. The van der Waals surface area contributed by atoms with Crippen LogP contribution in [0.15, 0.2) is 36.4 Å². The van der Waals surface area contributed by atoms with Gasteiger partial charge in [0.05, 0.1) is 5.56 Å². The summed E-state index contributed by atoms with van der Waals surface area (Å²) in [4.78, 5) is 24.1. The van der Waals surface area contributed by atoms with E-state index < -0.39 is 5.97 Å². The number of amides is 1. The summed E-state index contributed by atoms with van der Waals surface area (Å²) < 4.78 is 15.5. The molecular weight excluding hydrogens is 322 g/mol. The lowest BCUT2D eigenvalue weighted by atomic mass is 10.1. The molecule has 0 saturated heterocycles. The van der Waals surface area contributed by atoms with Gasteiger partial charge < -0.3 is 19.5 Å². The van der Waals surface area contributed by atoms with Gasteiger partial charge in [-0.2, -0.15) is 0 Å². The highest BCUT2D eigenvalue weighted by Gasteiger charge is 2.18. The Morgan fingerprint density at radius 2 is 1.84 bits per heavy atom. The van der Waals surface area contributed by atoms with Crippen molar-refractivity contribution in [3.63, 3.8) is 0 Å². The van der Waals surface area contributed by atoms with Crippen molar-refractivity contribution in [2.75, 3.05) is 18.7 Å². The van der Waals surface area contributed by atoms with E-state index in [1.54, 1.807) is 18.2 Å². The van der Waals surface area contributed by atoms with E-state index in [2.05, 4.69) is 5.32 Å². The van der Waals surface area contributed by atoms with Crippen molar-refractivity contribution in [1.29, 1.82) is 0 Å². The molecule has 128 valence electrons. The molecule has 1 aliphatic heterocycles. The third kappa shape index (κ3) is 3.28. The van der Waals surface area contributed by atoms with Crippen LogP contribution in [-0.2, 0) is 22.4 Å². The molecule has 0 bridgehead atoms. The van der Waals surface area contributed by atoms with Gasteiger partial charge in [-0.25, -0.2) is 4.79 Å². The average molecular weight is 339 g/mol. The molecule has 6 nitrogen and oxygen atoms in total. The van der Waals surface area contributed by atoms with E-state index >= 15 is 0 Å². The number of carbonyl (C=O) groups is 2. The van der Waals surface area contributed by atoms with Crippen LogP contribution < -0.4 is 14.8 Å². The summed E-state index contributed by atoms with van der Waals surface area (Å²) in [5, 5.41) is 2.76. The minimum atomic E-state index is -0.581. The van der Waals surface area contributed by atoms with E-state index in [1.807, 2.05) is 18.2 Å². The second kappa shape index (κ2) is 6.47. The van der Waals surface area contributed by atoms with E-state index in [-0.39, 0.29) is 19.3 Å². The summed E-state index contributed by atoms with van der Waals surface area (Å²) >= 11 is 0. The Bertz CT molecular complexity index is 846. The number of nitrogens with one attached hydrogen (secondary N) is 1. The van der Waals surface area contributed by atoms with Gasteiger partial charge in [-0.15, -0.1) is 0 Å². The van der Waals surface area contributed by atoms with Gasteiger partial charge in [-0.1, -0.05) is 6.07 Å². The number of esters is 1. The second-order valence-corrected chi connectivity index (χ2v) is 6.03. The molecule has 6 heteroatoms. The van der Waals surface area contributed by atoms with Gasteiger partial charge in [-0.05, 0) is 60.7 Å². The molecule has 0 fully saturated rings. The molecule has 1 heterocycles. The van der Waals surface area contributed by atoms with Crippen LogP contribution in [0.2, 0.25) is 0 Å². The molecule has 1 N–H and O–H groups in total. The van der Waals surface area contributed by atoms with E-state index in [0.29, 0.717) is 17.1 Å². The summed E-state index contributed by atoms with van der Waals surface area (Å²) in [6.07, 6.45) is 3.29. The molecule has 0 spiro atoms. The molecule has 25 heavy (non-hydrogen) atoms. The molecule has 0 saturated carbocycles. The number of ether oxygens (including phenoxy) is 3. The largest absolute Gasteiger partial charge is 0.454 e. The van der Waals surface area contributed by atoms with E-state index in [4.69, 9.17) is 14.2 Å². The van der Waals surface area contributed by atoms with Crippen molar-refractivity contribution >= 4 is 17.6 Å². The molecule has 1 amide bonds. The SMILES string of the molecule is O=C(COC(=O)c1ccc2c(c1)OCO2)Nc1ccc2c(c1)CCC2. The topological polar surface area (TPSA) is 73.9 Å². The lowest BCUT2D eigenvalue weighted by Gasteiger charge is -2.08. The van der Waals surface area contributed by atoms with E-state index in [0.717, 1.165) is 24.9 Å². The molecule has 2 aliphatic rings. The van der Waals surface area contributed by atoms with Crippen molar-refractivity contribution < 1.29 is 23.8 Å². The van der Waals surface area contributed by atoms with Gasteiger partial charge in [0.1, 0.15) is 0 Å². The van der Waals surface area contributed by atoms with Gasteiger partial charge in [0.2, 0.25) is 6.79 Å². The minimum absolute atomic E-state index is 0.136. The van der Waals surface area contributed by atoms with Crippen molar-refractivity contribution in [3.05, 3.63) is 53.1 Å². The molecule has 4 rings (SSSR count). The predicted molar refractivity (Wildman–Crippen MR) is 89.9 cm³/mol. The van der Waals surface area contributed by atoms with Crippen LogP contribution in [-0.4, -0.2) is 25.3 Å². The standard InChI is InChI=1S/C19H17NO5/c21-18(20-15-6-4-12-2-1-3-13(12)8-15)10-23-19(22)14-5-7-16-17(9-14)25-11-24-16/h4-9H,1-3,10-11H2,(H,20,21). The third-order valence-electron chi connectivity index (χ3n) is 4.32. The Morgan fingerprint density at radius 1 is 1.00 bits per heavy atom. The summed E-state index contributed by atoms with van der Waals surface area (Å²) in [6, 6.07) is 10.7. The fraction of sp³-hybridized carbons (Fsp3) is 0.263. The maximum absolute atomic E-state index is 12.1. The zero-order valence-corrected chi connectivity index (χ0v) is 13.5. The Morgan fingerprint density at radius 3 is 2.76 bits per heavy atom. The molecule has 0 radical (unpaired) electrons. The Kier molecular flexibility index (Phi) is 4.01. The summed E-state index contributed by atoms with van der Waals surface area (Å²) in [6.45, 7) is -0.207. The third-order valence-corrected chi connectivity index (χ3v) is 4.32. The Labute approximate surface area is 144 Å². The van der Waals surface area contributed by atoms with Crippen LogP contribution in [0, 0.1) is 0 Å². The molecule has 2 aromatic rings. The van der Waals surface area contributed by atoms with Crippen LogP contribution in [0.25, 0.3) is 0 Å². The quantitative estimate of drug-likeness (QED) is 0.867. The van der Waals surface area contributed by atoms with Crippen molar-refractivity contribution in [1.82, 2.24) is 0 Å². The Balaban J connectivity index is 1.33. The number of fused-ring (bicyclic) bond motifs is 2. The number of benzene rings is 2. The number of carbonyl (C=O) groups excluding carboxylic acids is 2. The zero-order chi connectivity index (χ0) is 17.2. The summed E-state index contributed by atoms with van der Waals surface area (Å²) in [7, 11) is 0. The summed E-state index contributed by atoms with van der Waals surface area (Å²) in [5.74, 6) is 0.136. The highest BCUT2D eigenvalue weighted by molar-refractivity contribution is 5.95. The lowest BCUT2D eigenvalue weighted by molar-refractivity contribution is -0.119. The van der Waals surface area contributed by atoms with Crippen molar-refractivity contribution in [2.24, 2.45) is 0 Å². The van der Waals surface area contributed by atoms with E-state index in [1.165, 1.54) is 11.1 Å². The molecular formula is C19H17NO5. The number of rotatable bonds is 4. The molecule has 0 atom stereocenters. The number of hydrogen-bond acceptors (Lipinski definition) is 5. The highest BCUT2D eigenvalue weighted by atomic mass is 16.7. The average Bonchev–Trinajstić information content (AvgIpc) is 3.27. The second-order valence-electron chi connectivity index (χ2n) is 6.03.